The van der Waals surface area contributed by atoms with Crippen LogP contribution >= 0.6 is 0 Å². The fraction of sp³-hybridized carbons (Fsp3) is 0.667. The predicted octanol–water partition coefficient (Wildman–Crippen LogP) is 4.71. The Labute approximate surface area is 129 Å². The minimum atomic E-state index is -0.198. The molecule has 120 valence electrons. The topological polar surface area (TPSA) is 21.3 Å². The van der Waals surface area contributed by atoms with Gasteiger partial charge in [-0.15, -0.1) is 0 Å². The van der Waals surface area contributed by atoms with Crippen LogP contribution in [0.15, 0.2) is 24.3 Å². The normalized spacial score (nSPS) is 14.1. The quantitative estimate of drug-likeness (QED) is 0.638. The molecular formula is C18H30FNO. The molecule has 2 unspecified atom stereocenters. The van der Waals surface area contributed by atoms with E-state index in [-0.39, 0.29) is 11.9 Å². The highest BCUT2D eigenvalue weighted by Crippen LogP contribution is 2.21. The number of benzene rings is 1. The van der Waals surface area contributed by atoms with Gasteiger partial charge in [-0.05, 0) is 36.6 Å². The molecule has 3 heteroatoms. The highest BCUT2D eigenvalue weighted by atomic mass is 19.1. The van der Waals surface area contributed by atoms with Crippen molar-refractivity contribution in [3.8, 4) is 0 Å². The fourth-order valence-corrected chi connectivity index (χ4v) is 2.41. The third-order valence-corrected chi connectivity index (χ3v) is 3.88. The zero-order chi connectivity index (χ0) is 15.5. The molecule has 0 aromatic heterocycles. The van der Waals surface area contributed by atoms with Crippen LogP contribution in [0.4, 0.5) is 4.39 Å². The molecule has 0 fully saturated rings. The van der Waals surface area contributed by atoms with Crippen molar-refractivity contribution in [3.63, 3.8) is 0 Å². The fourth-order valence-electron chi connectivity index (χ4n) is 2.41. The first-order valence-corrected chi connectivity index (χ1v) is 8.28. The lowest BCUT2D eigenvalue weighted by Crippen LogP contribution is -2.25. The summed E-state index contributed by atoms with van der Waals surface area (Å²) in [5, 5.41) is 3.30. The third-order valence-electron chi connectivity index (χ3n) is 3.88. The highest BCUT2D eigenvalue weighted by Gasteiger charge is 2.15. The van der Waals surface area contributed by atoms with Crippen LogP contribution < -0.4 is 5.32 Å². The van der Waals surface area contributed by atoms with E-state index in [1.165, 1.54) is 25.3 Å². The molecule has 0 saturated heterocycles. The molecule has 1 aromatic rings. The number of ether oxygens (including phenoxy) is 1. The van der Waals surface area contributed by atoms with Crippen molar-refractivity contribution < 1.29 is 9.13 Å². The van der Waals surface area contributed by atoms with Crippen LogP contribution in [0.25, 0.3) is 0 Å². The van der Waals surface area contributed by atoms with Gasteiger partial charge in [-0.3, -0.25) is 0 Å². The lowest BCUT2D eigenvalue weighted by Gasteiger charge is -2.22. The number of rotatable bonds is 11. The standard InChI is InChI=1S/C18H30FNO/c1-4-7-9-15(5-2)14-21-18(13-20-6-3)16-10-8-11-17(19)12-16/h8,10-12,15,18,20H,4-7,9,13-14H2,1-3H3. The molecule has 0 saturated carbocycles. The minimum absolute atomic E-state index is 0.0728. The van der Waals surface area contributed by atoms with E-state index >= 15 is 0 Å². The molecule has 0 bridgehead atoms. The summed E-state index contributed by atoms with van der Waals surface area (Å²) in [6.07, 6.45) is 4.75. The number of unbranched alkanes of at least 4 members (excludes halogenated alkanes) is 1. The Balaban J connectivity index is 2.60. The first kappa shape index (κ1) is 18.1. The summed E-state index contributed by atoms with van der Waals surface area (Å²) in [7, 11) is 0. The largest absolute Gasteiger partial charge is 0.372 e. The maximum Gasteiger partial charge on any atom is 0.123 e. The van der Waals surface area contributed by atoms with Crippen molar-refractivity contribution in [1.82, 2.24) is 5.32 Å². The third kappa shape index (κ3) is 7.05. The van der Waals surface area contributed by atoms with Gasteiger partial charge in [-0.25, -0.2) is 4.39 Å². The van der Waals surface area contributed by atoms with Gasteiger partial charge in [-0.1, -0.05) is 52.2 Å². The molecule has 2 nitrogen and oxygen atoms in total. The van der Waals surface area contributed by atoms with Gasteiger partial charge in [0.05, 0.1) is 12.7 Å². The predicted molar refractivity (Wildman–Crippen MR) is 86.9 cm³/mol. The average molecular weight is 295 g/mol. The van der Waals surface area contributed by atoms with Gasteiger partial charge >= 0.3 is 0 Å². The summed E-state index contributed by atoms with van der Waals surface area (Å²) < 4.78 is 19.5. The van der Waals surface area contributed by atoms with Gasteiger partial charge in [-0.2, -0.15) is 0 Å². The Kier molecular flexibility index (Phi) is 9.27. The average Bonchev–Trinajstić information content (AvgIpc) is 2.50. The SMILES string of the molecule is CCCCC(CC)COC(CNCC)c1cccc(F)c1. The molecule has 0 aliphatic rings. The van der Waals surface area contributed by atoms with Gasteiger partial charge in [0, 0.05) is 6.54 Å². The highest BCUT2D eigenvalue weighted by molar-refractivity contribution is 5.19. The number of nitrogens with one attached hydrogen (secondary N) is 1. The van der Waals surface area contributed by atoms with E-state index in [2.05, 4.69) is 26.1 Å². The van der Waals surface area contributed by atoms with Crippen LogP contribution in [0, 0.1) is 11.7 Å². The van der Waals surface area contributed by atoms with Crippen LogP contribution in [0.5, 0.6) is 0 Å². The summed E-state index contributed by atoms with van der Waals surface area (Å²) in [6.45, 7) is 8.87. The minimum Gasteiger partial charge on any atom is -0.372 e. The summed E-state index contributed by atoms with van der Waals surface area (Å²) in [5.74, 6) is 0.401. The number of hydrogen-bond acceptors (Lipinski definition) is 2. The molecule has 1 rings (SSSR count). The van der Waals surface area contributed by atoms with Gasteiger partial charge < -0.3 is 10.1 Å². The maximum absolute atomic E-state index is 13.4. The number of halogens is 1. The van der Waals surface area contributed by atoms with Crippen molar-refractivity contribution in [3.05, 3.63) is 35.6 Å². The Morgan fingerprint density at radius 2 is 2.05 bits per heavy atom. The molecule has 2 atom stereocenters. The monoisotopic (exact) mass is 295 g/mol. The van der Waals surface area contributed by atoms with E-state index < -0.39 is 0 Å². The maximum atomic E-state index is 13.4. The lowest BCUT2D eigenvalue weighted by atomic mass is 10.0. The van der Waals surface area contributed by atoms with E-state index in [0.717, 1.165) is 31.7 Å². The molecule has 0 amide bonds. The van der Waals surface area contributed by atoms with E-state index in [1.54, 1.807) is 12.1 Å². The van der Waals surface area contributed by atoms with Crippen LogP contribution in [0.3, 0.4) is 0 Å². The molecular weight excluding hydrogens is 265 g/mol. The van der Waals surface area contributed by atoms with Crippen molar-refractivity contribution in [2.45, 2.75) is 52.6 Å². The van der Waals surface area contributed by atoms with Gasteiger partial charge in [0.2, 0.25) is 0 Å². The second-order valence-corrected chi connectivity index (χ2v) is 5.60. The van der Waals surface area contributed by atoms with Gasteiger partial charge in [0.1, 0.15) is 5.82 Å². The molecule has 0 heterocycles. The molecule has 0 aliphatic heterocycles. The van der Waals surface area contributed by atoms with E-state index in [9.17, 15) is 4.39 Å². The smallest absolute Gasteiger partial charge is 0.123 e. The number of likely N-dealkylation sites (N-methyl/N-ethyl adjacent to an activating group) is 1. The Hall–Kier alpha value is -0.930. The zero-order valence-electron chi connectivity index (χ0n) is 13.7. The van der Waals surface area contributed by atoms with E-state index in [4.69, 9.17) is 4.74 Å². The second-order valence-electron chi connectivity index (χ2n) is 5.60. The van der Waals surface area contributed by atoms with Crippen LogP contribution in [-0.2, 0) is 4.74 Å². The zero-order valence-corrected chi connectivity index (χ0v) is 13.7. The first-order valence-electron chi connectivity index (χ1n) is 8.28. The summed E-state index contributed by atoms with van der Waals surface area (Å²) in [5.41, 5.74) is 0.918. The lowest BCUT2D eigenvalue weighted by molar-refractivity contribution is 0.0251. The molecule has 21 heavy (non-hydrogen) atoms. The van der Waals surface area contributed by atoms with Crippen LogP contribution in [0.2, 0.25) is 0 Å². The summed E-state index contributed by atoms with van der Waals surface area (Å²) >= 11 is 0. The molecule has 0 aliphatic carbocycles. The van der Waals surface area contributed by atoms with E-state index in [1.807, 2.05) is 6.07 Å². The van der Waals surface area contributed by atoms with Crippen LogP contribution in [0.1, 0.15) is 58.1 Å². The molecule has 1 aromatic carbocycles. The second kappa shape index (κ2) is 10.7. The van der Waals surface area contributed by atoms with Gasteiger partial charge in [0.15, 0.2) is 0 Å². The Morgan fingerprint density at radius 1 is 1.24 bits per heavy atom. The van der Waals surface area contributed by atoms with Crippen LogP contribution in [-0.4, -0.2) is 19.7 Å². The van der Waals surface area contributed by atoms with Crippen molar-refractivity contribution in [2.75, 3.05) is 19.7 Å². The van der Waals surface area contributed by atoms with E-state index in [0.29, 0.717) is 5.92 Å². The number of hydrogen-bond donors (Lipinski definition) is 1. The molecule has 1 N–H and O–H groups in total. The van der Waals surface area contributed by atoms with Gasteiger partial charge in [0.25, 0.3) is 0 Å². The van der Waals surface area contributed by atoms with Crippen molar-refractivity contribution in [1.29, 1.82) is 0 Å². The summed E-state index contributed by atoms with van der Waals surface area (Å²) in [4.78, 5) is 0. The summed E-state index contributed by atoms with van der Waals surface area (Å²) in [6, 6.07) is 6.75. The molecule has 0 radical (unpaired) electrons. The Bertz CT molecular complexity index is 383. The Morgan fingerprint density at radius 3 is 2.67 bits per heavy atom. The van der Waals surface area contributed by atoms with Crippen molar-refractivity contribution >= 4 is 0 Å². The molecule has 0 spiro atoms. The first-order chi connectivity index (χ1) is 10.2. The van der Waals surface area contributed by atoms with Crippen molar-refractivity contribution in [2.24, 2.45) is 5.92 Å².